The lowest BCUT2D eigenvalue weighted by molar-refractivity contribution is 0.471. The lowest BCUT2D eigenvalue weighted by Crippen LogP contribution is -2.21. The molecular weight excluding hydrogens is 250 g/mol. The monoisotopic (exact) mass is 281 g/mol. The van der Waals surface area contributed by atoms with E-state index >= 15 is 0 Å². The molecule has 1 atom stereocenters. The van der Waals surface area contributed by atoms with Crippen LogP contribution >= 0.6 is 11.3 Å². The number of unbranched alkanes of at least 4 members (excludes halogenated alkanes) is 6. The Morgan fingerprint density at radius 1 is 1.00 bits per heavy atom. The maximum Gasteiger partial charge on any atom is 0.0414 e. The molecule has 1 nitrogen and oxygen atoms in total. The van der Waals surface area contributed by atoms with Gasteiger partial charge >= 0.3 is 0 Å². The summed E-state index contributed by atoms with van der Waals surface area (Å²) in [5.41, 5.74) is 0. The molecule has 0 aliphatic rings. The second-order valence-electron chi connectivity index (χ2n) is 5.43. The van der Waals surface area contributed by atoms with Crippen LogP contribution in [0.25, 0.3) is 0 Å². The van der Waals surface area contributed by atoms with Crippen molar-refractivity contribution in [3.05, 3.63) is 22.4 Å². The molecule has 1 unspecified atom stereocenters. The third kappa shape index (κ3) is 7.74. The van der Waals surface area contributed by atoms with Crippen LogP contribution in [0.4, 0.5) is 0 Å². The first-order valence-corrected chi connectivity index (χ1v) is 9.03. The summed E-state index contributed by atoms with van der Waals surface area (Å²) in [6, 6.07) is 5.04. The Kier molecular flexibility index (Phi) is 10.1. The lowest BCUT2D eigenvalue weighted by Gasteiger charge is -2.17. The second-order valence-corrected chi connectivity index (χ2v) is 6.41. The zero-order chi connectivity index (χ0) is 13.8. The summed E-state index contributed by atoms with van der Waals surface area (Å²) in [5, 5.41) is 5.89. The summed E-state index contributed by atoms with van der Waals surface area (Å²) in [5.74, 6) is 0. The molecule has 1 N–H and O–H groups in total. The molecule has 0 aromatic carbocycles. The zero-order valence-corrected chi connectivity index (χ0v) is 13.6. The Labute approximate surface area is 123 Å². The molecule has 0 saturated heterocycles. The van der Waals surface area contributed by atoms with Crippen LogP contribution in [0.1, 0.15) is 82.6 Å². The molecule has 0 aliphatic heterocycles. The molecule has 1 heterocycles. The molecule has 1 rings (SSSR count). The fourth-order valence-electron chi connectivity index (χ4n) is 2.46. The van der Waals surface area contributed by atoms with Crippen LogP contribution in [0.3, 0.4) is 0 Å². The molecule has 0 bridgehead atoms. The SMILES string of the molecule is CCCCCCCCCC(NCCC)c1cccs1. The van der Waals surface area contributed by atoms with E-state index in [0.717, 1.165) is 6.54 Å². The molecule has 110 valence electrons. The van der Waals surface area contributed by atoms with E-state index in [2.05, 4.69) is 36.7 Å². The number of hydrogen-bond donors (Lipinski definition) is 1. The van der Waals surface area contributed by atoms with Gasteiger partial charge in [0.1, 0.15) is 0 Å². The van der Waals surface area contributed by atoms with Crippen molar-refractivity contribution in [2.75, 3.05) is 6.54 Å². The Morgan fingerprint density at radius 3 is 2.37 bits per heavy atom. The molecular formula is C17H31NS. The van der Waals surface area contributed by atoms with Crippen LogP contribution in [0, 0.1) is 0 Å². The van der Waals surface area contributed by atoms with Gasteiger partial charge in [0.05, 0.1) is 0 Å². The maximum absolute atomic E-state index is 3.69. The van der Waals surface area contributed by atoms with Crippen molar-refractivity contribution >= 4 is 11.3 Å². The number of rotatable bonds is 12. The van der Waals surface area contributed by atoms with Crippen molar-refractivity contribution in [3.63, 3.8) is 0 Å². The minimum absolute atomic E-state index is 0.593. The smallest absolute Gasteiger partial charge is 0.0414 e. The van der Waals surface area contributed by atoms with Gasteiger partial charge in [-0.1, -0.05) is 64.9 Å². The predicted octanol–water partition coefficient (Wildman–Crippen LogP) is 5.93. The van der Waals surface area contributed by atoms with E-state index in [4.69, 9.17) is 0 Å². The van der Waals surface area contributed by atoms with Gasteiger partial charge < -0.3 is 5.32 Å². The van der Waals surface area contributed by atoms with Crippen LogP contribution < -0.4 is 5.32 Å². The quantitative estimate of drug-likeness (QED) is 0.468. The van der Waals surface area contributed by atoms with Crippen LogP contribution in [0.15, 0.2) is 17.5 Å². The normalized spacial score (nSPS) is 12.7. The third-order valence-corrected chi connectivity index (χ3v) is 4.61. The summed E-state index contributed by atoms with van der Waals surface area (Å²) < 4.78 is 0. The van der Waals surface area contributed by atoms with Gasteiger partial charge in [-0.05, 0) is 30.8 Å². The van der Waals surface area contributed by atoms with E-state index in [1.54, 1.807) is 0 Å². The molecule has 19 heavy (non-hydrogen) atoms. The summed E-state index contributed by atoms with van der Waals surface area (Å²) in [4.78, 5) is 1.51. The van der Waals surface area contributed by atoms with E-state index in [1.165, 1.54) is 62.7 Å². The standard InChI is InChI=1S/C17H31NS/c1-3-5-6-7-8-9-10-12-16(18-14-4-2)17-13-11-15-19-17/h11,13,15-16,18H,3-10,12,14H2,1-2H3. The Bertz CT molecular complexity index is 281. The van der Waals surface area contributed by atoms with Gasteiger partial charge in [0, 0.05) is 10.9 Å². The first-order valence-electron chi connectivity index (χ1n) is 8.15. The fraction of sp³-hybridized carbons (Fsp3) is 0.765. The van der Waals surface area contributed by atoms with E-state index in [9.17, 15) is 0 Å². The Morgan fingerprint density at radius 2 is 1.74 bits per heavy atom. The summed E-state index contributed by atoms with van der Waals surface area (Å²) >= 11 is 1.89. The molecule has 2 heteroatoms. The van der Waals surface area contributed by atoms with Gasteiger partial charge in [-0.25, -0.2) is 0 Å². The van der Waals surface area contributed by atoms with Crippen molar-refractivity contribution in [1.82, 2.24) is 5.32 Å². The van der Waals surface area contributed by atoms with E-state index in [1.807, 2.05) is 11.3 Å². The number of nitrogens with one attached hydrogen (secondary N) is 1. The van der Waals surface area contributed by atoms with Crippen molar-refractivity contribution in [2.24, 2.45) is 0 Å². The van der Waals surface area contributed by atoms with Crippen LogP contribution in [0.5, 0.6) is 0 Å². The maximum atomic E-state index is 3.69. The molecule has 0 fully saturated rings. The summed E-state index contributed by atoms with van der Waals surface area (Å²) in [6.07, 6.45) is 12.3. The van der Waals surface area contributed by atoms with Crippen LogP contribution in [-0.4, -0.2) is 6.54 Å². The molecule has 1 aromatic rings. The average Bonchev–Trinajstić information content (AvgIpc) is 2.95. The van der Waals surface area contributed by atoms with Gasteiger partial charge in [-0.3, -0.25) is 0 Å². The molecule has 0 saturated carbocycles. The van der Waals surface area contributed by atoms with Crippen molar-refractivity contribution in [1.29, 1.82) is 0 Å². The number of hydrogen-bond acceptors (Lipinski definition) is 2. The van der Waals surface area contributed by atoms with Crippen LogP contribution in [-0.2, 0) is 0 Å². The molecule has 0 aliphatic carbocycles. The molecule has 0 amide bonds. The third-order valence-electron chi connectivity index (χ3n) is 3.62. The summed E-state index contributed by atoms with van der Waals surface area (Å²) in [6.45, 7) is 5.66. The van der Waals surface area contributed by atoms with Gasteiger partial charge in [0.2, 0.25) is 0 Å². The highest BCUT2D eigenvalue weighted by Crippen LogP contribution is 2.24. The lowest BCUT2D eigenvalue weighted by atomic mass is 10.0. The second kappa shape index (κ2) is 11.5. The fourth-order valence-corrected chi connectivity index (χ4v) is 3.30. The predicted molar refractivity (Wildman–Crippen MR) is 88.0 cm³/mol. The van der Waals surface area contributed by atoms with Crippen molar-refractivity contribution in [3.8, 4) is 0 Å². The topological polar surface area (TPSA) is 12.0 Å². The molecule has 1 aromatic heterocycles. The minimum Gasteiger partial charge on any atom is -0.309 e. The van der Waals surface area contributed by atoms with Crippen molar-refractivity contribution in [2.45, 2.75) is 77.7 Å². The van der Waals surface area contributed by atoms with Gasteiger partial charge in [0.25, 0.3) is 0 Å². The van der Waals surface area contributed by atoms with Gasteiger partial charge in [-0.15, -0.1) is 11.3 Å². The zero-order valence-electron chi connectivity index (χ0n) is 12.8. The highest BCUT2D eigenvalue weighted by atomic mass is 32.1. The Hall–Kier alpha value is -0.340. The van der Waals surface area contributed by atoms with E-state index < -0.39 is 0 Å². The first kappa shape index (κ1) is 16.7. The van der Waals surface area contributed by atoms with Crippen molar-refractivity contribution < 1.29 is 0 Å². The number of thiophene rings is 1. The van der Waals surface area contributed by atoms with E-state index in [0.29, 0.717) is 6.04 Å². The summed E-state index contributed by atoms with van der Waals surface area (Å²) in [7, 11) is 0. The molecule has 0 spiro atoms. The van der Waals surface area contributed by atoms with Crippen LogP contribution in [0.2, 0.25) is 0 Å². The first-order chi connectivity index (χ1) is 9.38. The highest BCUT2D eigenvalue weighted by Gasteiger charge is 2.10. The van der Waals surface area contributed by atoms with E-state index in [-0.39, 0.29) is 0 Å². The average molecular weight is 282 g/mol. The van der Waals surface area contributed by atoms with Gasteiger partial charge in [-0.2, -0.15) is 0 Å². The highest BCUT2D eigenvalue weighted by molar-refractivity contribution is 7.10. The minimum atomic E-state index is 0.593. The van der Waals surface area contributed by atoms with Gasteiger partial charge in [0.15, 0.2) is 0 Å². The molecule has 0 radical (unpaired) electrons. The largest absolute Gasteiger partial charge is 0.309 e. The Balaban J connectivity index is 2.15.